The van der Waals surface area contributed by atoms with Gasteiger partial charge in [-0.1, -0.05) is 12.2 Å². The Balaban J connectivity index is 2.15. The Morgan fingerprint density at radius 3 is 2.67 bits per heavy atom. The molecule has 1 aliphatic rings. The van der Waals surface area contributed by atoms with Crippen LogP contribution in [-0.2, 0) is 0 Å². The standard InChI is InChI=1S/C10H19NS/c1-9(2-5-11)8-10-3-6-12-7-4-10/h10H,1-8,11H2. The fraction of sp³-hybridized carbons (Fsp3) is 0.800. The highest BCUT2D eigenvalue weighted by molar-refractivity contribution is 7.99. The van der Waals surface area contributed by atoms with Crippen LogP contribution >= 0.6 is 11.8 Å². The summed E-state index contributed by atoms with van der Waals surface area (Å²) in [5, 5.41) is 0. The Bertz CT molecular complexity index is 139. The van der Waals surface area contributed by atoms with Crippen LogP contribution < -0.4 is 5.73 Å². The quantitative estimate of drug-likeness (QED) is 0.681. The Kier molecular flexibility index (Phi) is 4.77. The summed E-state index contributed by atoms with van der Waals surface area (Å²) in [5.74, 6) is 3.60. The largest absolute Gasteiger partial charge is 0.330 e. The highest BCUT2D eigenvalue weighted by atomic mass is 32.2. The molecule has 1 fully saturated rings. The predicted octanol–water partition coefficient (Wildman–Crippen LogP) is 2.42. The van der Waals surface area contributed by atoms with Crippen molar-refractivity contribution < 1.29 is 0 Å². The summed E-state index contributed by atoms with van der Waals surface area (Å²) >= 11 is 2.08. The van der Waals surface area contributed by atoms with Gasteiger partial charge in [-0.25, -0.2) is 0 Å². The molecule has 1 rings (SSSR count). The maximum Gasteiger partial charge on any atom is -0.00400 e. The fourth-order valence-corrected chi connectivity index (χ4v) is 2.87. The van der Waals surface area contributed by atoms with E-state index in [4.69, 9.17) is 5.73 Å². The van der Waals surface area contributed by atoms with Crippen LogP contribution in [0.1, 0.15) is 25.7 Å². The minimum absolute atomic E-state index is 0.764. The van der Waals surface area contributed by atoms with E-state index in [1.165, 1.54) is 36.3 Å². The second-order valence-corrected chi connectivity index (χ2v) is 4.77. The summed E-state index contributed by atoms with van der Waals surface area (Å²) < 4.78 is 0. The second-order valence-electron chi connectivity index (χ2n) is 3.55. The Morgan fingerprint density at radius 1 is 1.42 bits per heavy atom. The van der Waals surface area contributed by atoms with Crippen molar-refractivity contribution in [2.24, 2.45) is 11.7 Å². The molecule has 1 nitrogen and oxygen atoms in total. The maximum absolute atomic E-state index is 5.47. The van der Waals surface area contributed by atoms with Crippen LogP contribution in [0.15, 0.2) is 12.2 Å². The maximum atomic E-state index is 5.47. The van der Waals surface area contributed by atoms with E-state index in [9.17, 15) is 0 Å². The van der Waals surface area contributed by atoms with Crippen molar-refractivity contribution in [1.82, 2.24) is 0 Å². The SMILES string of the molecule is C=C(CCN)CC1CCSCC1. The first-order valence-corrected chi connectivity index (χ1v) is 5.93. The first kappa shape index (κ1) is 10.1. The van der Waals surface area contributed by atoms with Gasteiger partial charge in [-0.3, -0.25) is 0 Å². The molecule has 2 N–H and O–H groups in total. The summed E-state index contributed by atoms with van der Waals surface area (Å²) in [4.78, 5) is 0. The van der Waals surface area contributed by atoms with Gasteiger partial charge >= 0.3 is 0 Å². The van der Waals surface area contributed by atoms with Crippen LogP contribution in [0.25, 0.3) is 0 Å². The topological polar surface area (TPSA) is 26.0 Å². The van der Waals surface area contributed by atoms with Crippen LogP contribution in [0.3, 0.4) is 0 Å². The second kappa shape index (κ2) is 5.65. The molecule has 0 aliphatic carbocycles. The van der Waals surface area contributed by atoms with Gasteiger partial charge in [0.2, 0.25) is 0 Å². The van der Waals surface area contributed by atoms with Gasteiger partial charge in [0.15, 0.2) is 0 Å². The highest BCUT2D eigenvalue weighted by Crippen LogP contribution is 2.27. The van der Waals surface area contributed by atoms with Gasteiger partial charge in [0.25, 0.3) is 0 Å². The van der Waals surface area contributed by atoms with E-state index in [2.05, 4.69) is 18.3 Å². The van der Waals surface area contributed by atoms with Crippen molar-refractivity contribution in [1.29, 1.82) is 0 Å². The van der Waals surface area contributed by atoms with Crippen LogP contribution in [0.2, 0.25) is 0 Å². The Labute approximate surface area is 79.8 Å². The lowest BCUT2D eigenvalue weighted by Crippen LogP contribution is -2.11. The smallest absolute Gasteiger partial charge is 0.00400 e. The van der Waals surface area contributed by atoms with Gasteiger partial charge < -0.3 is 5.73 Å². The van der Waals surface area contributed by atoms with Crippen molar-refractivity contribution in [2.75, 3.05) is 18.1 Å². The van der Waals surface area contributed by atoms with E-state index in [-0.39, 0.29) is 0 Å². The fourth-order valence-electron chi connectivity index (χ4n) is 1.66. The molecule has 0 radical (unpaired) electrons. The van der Waals surface area contributed by atoms with Crippen LogP contribution in [0.4, 0.5) is 0 Å². The molecular formula is C10H19NS. The summed E-state index contributed by atoms with van der Waals surface area (Å²) in [6.07, 6.45) is 5.00. The summed E-state index contributed by atoms with van der Waals surface area (Å²) in [6, 6.07) is 0. The van der Waals surface area contributed by atoms with Crippen molar-refractivity contribution in [3.63, 3.8) is 0 Å². The summed E-state index contributed by atoms with van der Waals surface area (Å²) in [6.45, 7) is 4.82. The minimum Gasteiger partial charge on any atom is -0.330 e. The third-order valence-corrected chi connectivity index (χ3v) is 3.46. The third kappa shape index (κ3) is 3.63. The highest BCUT2D eigenvalue weighted by Gasteiger charge is 2.13. The molecule has 0 bridgehead atoms. The first-order valence-electron chi connectivity index (χ1n) is 4.77. The molecule has 0 saturated carbocycles. The lowest BCUT2D eigenvalue weighted by atomic mass is 9.93. The monoisotopic (exact) mass is 185 g/mol. The van der Waals surface area contributed by atoms with Crippen LogP contribution in [-0.4, -0.2) is 18.1 Å². The molecule has 2 heteroatoms. The van der Waals surface area contributed by atoms with Gasteiger partial charge in [0.1, 0.15) is 0 Å². The summed E-state index contributed by atoms with van der Waals surface area (Å²) in [7, 11) is 0. The average molecular weight is 185 g/mol. The molecule has 0 aromatic carbocycles. The van der Waals surface area contributed by atoms with Crippen molar-refractivity contribution in [3.8, 4) is 0 Å². The molecule has 1 aliphatic heterocycles. The molecule has 0 spiro atoms. The molecule has 0 unspecified atom stereocenters. The van der Waals surface area contributed by atoms with E-state index in [0.717, 1.165) is 18.9 Å². The van der Waals surface area contributed by atoms with E-state index in [0.29, 0.717) is 0 Å². The van der Waals surface area contributed by atoms with Crippen LogP contribution in [0, 0.1) is 5.92 Å². The normalized spacial score (nSPS) is 19.4. The number of nitrogens with two attached hydrogens (primary N) is 1. The zero-order valence-corrected chi connectivity index (χ0v) is 8.54. The van der Waals surface area contributed by atoms with E-state index in [1.54, 1.807) is 0 Å². The Morgan fingerprint density at radius 2 is 2.08 bits per heavy atom. The lowest BCUT2D eigenvalue weighted by molar-refractivity contribution is 0.480. The predicted molar refractivity (Wildman–Crippen MR) is 57.5 cm³/mol. The summed E-state index contributed by atoms with van der Waals surface area (Å²) in [5.41, 5.74) is 6.83. The lowest BCUT2D eigenvalue weighted by Gasteiger charge is -2.21. The Hall–Kier alpha value is 0.0500. The van der Waals surface area contributed by atoms with E-state index >= 15 is 0 Å². The number of thioether (sulfide) groups is 1. The number of hydrogen-bond donors (Lipinski definition) is 1. The third-order valence-electron chi connectivity index (χ3n) is 2.42. The van der Waals surface area contributed by atoms with Crippen molar-refractivity contribution >= 4 is 11.8 Å². The molecule has 0 aromatic rings. The average Bonchev–Trinajstić information content (AvgIpc) is 2.06. The number of hydrogen-bond acceptors (Lipinski definition) is 2. The van der Waals surface area contributed by atoms with E-state index < -0.39 is 0 Å². The first-order chi connectivity index (χ1) is 5.83. The van der Waals surface area contributed by atoms with Crippen molar-refractivity contribution in [2.45, 2.75) is 25.7 Å². The molecular weight excluding hydrogens is 166 g/mol. The zero-order valence-electron chi connectivity index (χ0n) is 7.72. The number of rotatable bonds is 4. The zero-order chi connectivity index (χ0) is 8.81. The van der Waals surface area contributed by atoms with Gasteiger partial charge in [-0.15, -0.1) is 0 Å². The molecule has 0 atom stereocenters. The molecule has 12 heavy (non-hydrogen) atoms. The van der Waals surface area contributed by atoms with Crippen LogP contribution in [0.5, 0.6) is 0 Å². The molecule has 0 amide bonds. The van der Waals surface area contributed by atoms with E-state index in [1.807, 2.05) is 0 Å². The molecule has 1 heterocycles. The van der Waals surface area contributed by atoms with Crippen molar-refractivity contribution in [3.05, 3.63) is 12.2 Å². The molecule has 70 valence electrons. The molecule has 0 aromatic heterocycles. The minimum atomic E-state index is 0.764. The van der Waals surface area contributed by atoms with Gasteiger partial charge in [-0.2, -0.15) is 11.8 Å². The molecule has 1 saturated heterocycles. The van der Waals surface area contributed by atoms with Gasteiger partial charge in [0, 0.05) is 0 Å². The van der Waals surface area contributed by atoms with Gasteiger partial charge in [-0.05, 0) is 49.7 Å². The van der Waals surface area contributed by atoms with Gasteiger partial charge in [0.05, 0.1) is 0 Å².